The molecule has 0 saturated carbocycles. The first-order chi connectivity index (χ1) is 10.1. The Morgan fingerprint density at radius 1 is 1.33 bits per heavy atom. The number of aromatic carboxylic acids is 1. The van der Waals surface area contributed by atoms with Gasteiger partial charge in [0.05, 0.1) is 12.8 Å². The summed E-state index contributed by atoms with van der Waals surface area (Å²) in [5.41, 5.74) is 2.62. The number of benzene rings is 1. The Balaban J connectivity index is 2.35. The molecule has 0 bridgehead atoms. The number of carboxylic acid groups (broad SMARTS) is 1. The molecule has 2 aromatic heterocycles. The van der Waals surface area contributed by atoms with Gasteiger partial charge < -0.3 is 9.84 Å². The van der Waals surface area contributed by atoms with Crippen LogP contribution in [-0.2, 0) is 0 Å². The van der Waals surface area contributed by atoms with Crippen molar-refractivity contribution in [2.24, 2.45) is 0 Å². The summed E-state index contributed by atoms with van der Waals surface area (Å²) in [5.74, 6) is -0.392. The highest BCUT2D eigenvalue weighted by Gasteiger charge is 2.17. The van der Waals surface area contributed by atoms with Gasteiger partial charge in [0.15, 0.2) is 11.3 Å². The van der Waals surface area contributed by atoms with Gasteiger partial charge >= 0.3 is 5.97 Å². The molecule has 0 atom stereocenters. The number of ether oxygens (including phenoxy) is 1. The zero-order valence-electron chi connectivity index (χ0n) is 11.6. The van der Waals surface area contributed by atoms with E-state index in [9.17, 15) is 9.90 Å². The normalized spacial score (nSPS) is 10.8. The van der Waals surface area contributed by atoms with Gasteiger partial charge in [0.25, 0.3) is 0 Å². The van der Waals surface area contributed by atoms with Crippen LogP contribution in [0, 0.1) is 6.92 Å². The fourth-order valence-corrected chi connectivity index (χ4v) is 2.31. The second-order valence-electron chi connectivity index (χ2n) is 4.57. The van der Waals surface area contributed by atoms with Crippen LogP contribution in [0.3, 0.4) is 0 Å². The third-order valence-corrected chi connectivity index (χ3v) is 3.22. The average molecular weight is 283 g/mol. The van der Waals surface area contributed by atoms with E-state index in [4.69, 9.17) is 4.74 Å². The van der Waals surface area contributed by atoms with Gasteiger partial charge in [-0.05, 0) is 25.1 Å². The summed E-state index contributed by atoms with van der Waals surface area (Å²) in [6, 6.07) is 9.41. The first-order valence-electron chi connectivity index (χ1n) is 6.33. The summed E-state index contributed by atoms with van der Waals surface area (Å²) in [6.07, 6.45) is 1.47. The van der Waals surface area contributed by atoms with Crippen molar-refractivity contribution in [1.82, 2.24) is 14.4 Å². The monoisotopic (exact) mass is 283 g/mol. The molecule has 1 N–H and O–H groups in total. The molecular weight excluding hydrogens is 270 g/mol. The summed E-state index contributed by atoms with van der Waals surface area (Å²) in [4.78, 5) is 19.4. The number of carbonyl (C=O) groups is 1. The lowest BCUT2D eigenvalue weighted by Crippen LogP contribution is -2.02. The Kier molecular flexibility index (Phi) is 3.06. The van der Waals surface area contributed by atoms with Gasteiger partial charge in [0, 0.05) is 11.3 Å². The third-order valence-electron chi connectivity index (χ3n) is 3.22. The van der Waals surface area contributed by atoms with E-state index >= 15 is 0 Å². The quantitative estimate of drug-likeness (QED) is 0.798. The van der Waals surface area contributed by atoms with Crippen LogP contribution in [0.2, 0.25) is 0 Å². The third kappa shape index (κ3) is 2.10. The SMILES string of the molecule is COc1ccccc1-c1cc(C)nc2c(C(=O)O)ncn12. The maximum atomic E-state index is 11.2. The number of fused-ring (bicyclic) bond motifs is 1. The first-order valence-corrected chi connectivity index (χ1v) is 6.33. The largest absolute Gasteiger partial charge is 0.496 e. The number of imidazole rings is 1. The molecule has 0 fully saturated rings. The van der Waals surface area contributed by atoms with Crippen molar-refractivity contribution < 1.29 is 14.6 Å². The standard InChI is InChI=1S/C15H13N3O3/c1-9-7-11(10-5-3-4-6-12(10)21-2)18-8-16-13(15(19)20)14(18)17-9/h3-8H,1-2H3,(H,19,20). The van der Waals surface area contributed by atoms with Crippen molar-refractivity contribution in [1.29, 1.82) is 0 Å². The van der Waals surface area contributed by atoms with Crippen LogP contribution in [0.15, 0.2) is 36.7 Å². The number of rotatable bonds is 3. The molecule has 6 nitrogen and oxygen atoms in total. The van der Waals surface area contributed by atoms with Gasteiger partial charge in [-0.3, -0.25) is 4.40 Å². The number of para-hydroxylation sites is 1. The number of aromatic nitrogens is 3. The molecule has 1 aromatic carbocycles. The van der Waals surface area contributed by atoms with Crippen LogP contribution in [0.25, 0.3) is 16.9 Å². The van der Waals surface area contributed by atoms with Crippen molar-refractivity contribution in [3.63, 3.8) is 0 Å². The first kappa shape index (κ1) is 13.1. The second kappa shape index (κ2) is 4.90. The molecule has 0 aliphatic heterocycles. The van der Waals surface area contributed by atoms with Crippen LogP contribution in [0.5, 0.6) is 5.75 Å². The Bertz CT molecular complexity index is 839. The van der Waals surface area contributed by atoms with E-state index in [1.165, 1.54) is 6.33 Å². The van der Waals surface area contributed by atoms with Crippen LogP contribution >= 0.6 is 0 Å². The second-order valence-corrected chi connectivity index (χ2v) is 4.57. The number of hydrogen-bond acceptors (Lipinski definition) is 4. The highest BCUT2D eigenvalue weighted by atomic mass is 16.5. The van der Waals surface area contributed by atoms with Crippen molar-refractivity contribution in [2.75, 3.05) is 7.11 Å². The average Bonchev–Trinajstić information content (AvgIpc) is 2.90. The molecule has 0 aliphatic rings. The number of nitrogens with zero attached hydrogens (tertiary/aromatic N) is 3. The fraction of sp³-hybridized carbons (Fsp3) is 0.133. The predicted octanol–water partition coefficient (Wildman–Crippen LogP) is 2.41. The van der Waals surface area contributed by atoms with Gasteiger partial charge in [-0.15, -0.1) is 0 Å². The van der Waals surface area contributed by atoms with E-state index in [0.29, 0.717) is 17.1 Å². The van der Waals surface area contributed by atoms with Gasteiger partial charge in [0.2, 0.25) is 0 Å². The summed E-state index contributed by atoms with van der Waals surface area (Å²) in [7, 11) is 1.60. The fourth-order valence-electron chi connectivity index (χ4n) is 2.31. The van der Waals surface area contributed by atoms with Gasteiger partial charge in [-0.2, -0.15) is 0 Å². The maximum absolute atomic E-state index is 11.2. The van der Waals surface area contributed by atoms with E-state index in [0.717, 1.165) is 11.3 Å². The Labute approximate surface area is 120 Å². The van der Waals surface area contributed by atoms with Gasteiger partial charge in [-0.25, -0.2) is 14.8 Å². The molecule has 0 saturated heterocycles. The topological polar surface area (TPSA) is 76.7 Å². The van der Waals surface area contributed by atoms with Crippen LogP contribution < -0.4 is 4.74 Å². The van der Waals surface area contributed by atoms with Crippen molar-refractivity contribution in [2.45, 2.75) is 6.92 Å². The Hall–Kier alpha value is -2.89. The molecule has 0 amide bonds. The van der Waals surface area contributed by atoms with Crippen molar-refractivity contribution >= 4 is 11.6 Å². The minimum Gasteiger partial charge on any atom is -0.496 e. The Morgan fingerprint density at radius 2 is 2.10 bits per heavy atom. The predicted molar refractivity (Wildman–Crippen MR) is 76.7 cm³/mol. The van der Waals surface area contributed by atoms with E-state index in [1.54, 1.807) is 11.5 Å². The van der Waals surface area contributed by atoms with Crippen LogP contribution in [0.4, 0.5) is 0 Å². The minimum atomic E-state index is -1.10. The van der Waals surface area contributed by atoms with Crippen LogP contribution in [-0.4, -0.2) is 32.6 Å². The number of hydrogen-bond donors (Lipinski definition) is 1. The maximum Gasteiger partial charge on any atom is 0.358 e. The van der Waals surface area contributed by atoms with E-state index < -0.39 is 5.97 Å². The number of aryl methyl sites for hydroxylation is 1. The summed E-state index contributed by atoms with van der Waals surface area (Å²) in [5, 5.41) is 9.18. The van der Waals surface area contributed by atoms with Crippen molar-refractivity contribution in [3.05, 3.63) is 48.0 Å². The molecule has 3 aromatic rings. The van der Waals surface area contributed by atoms with E-state index in [2.05, 4.69) is 9.97 Å². The molecule has 3 rings (SSSR count). The lowest BCUT2D eigenvalue weighted by atomic mass is 10.1. The zero-order chi connectivity index (χ0) is 15.0. The highest BCUT2D eigenvalue weighted by Crippen LogP contribution is 2.30. The van der Waals surface area contributed by atoms with Crippen LogP contribution in [0.1, 0.15) is 16.2 Å². The minimum absolute atomic E-state index is 0.0603. The lowest BCUT2D eigenvalue weighted by Gasteiger charge is -2.11. The molecule has 2 heterocycles. The summed E-state index contributed by atoms with van der Waals surface area (Å²) < 4.78 is 7.03. The number of methoxy groups -OCH3 is 1. The lowest BCUT2D eigenvalue weighted by molar-refractivity contribution is 0.0693. The smallest absolute Gasteiger partial charge is 0.358 e. The van der Waals surface area contributed by atoms with E-state index in [-0.39, 0.29) is 5.69 Å². The summed E-state index contributed by atoms with van der Waals surface area (Å²) >= 11 is 0. The molecule has 21 heavy (non-hydrogen) atoms. The molecule has 0 unspecified atom stereocenters. The molecule has 106 valence electrons. The number of carboxylic acids is 1. The highest BCUT2D eigenvalue weighted by molar-refractivity contribution is 5.92. The van der Waals surface area contributed by atoms with Crippen molar-refractivity contribution in [3.8, 4) is 17.0 Å². The van der Waals surface area contributed by atoms with Gasteiger partial charge in [0.1, 0.15) is 12.1 Å². The summed E-state index contributed by atoms with van der Waals surface area (Å²) in [6.45, 7) is 1.82. The zero-order valence-corrected chi connectivity index (χ0v) is 11.6. The molecule has 6 heteroatoms. The molecule has 0 spiro atoms. The molecule has 0 radical (unpaired) electrons. The Morgan fingerprint density at radius 3 is 2.81 bits per heavy atom. The van der Waals surface area contributed by atoms with Gasteiger partial charge in [-0.1, -0.05) is 12.1 Å². The molecule has 0 aliphatic carbocycles. The van der Waals surface area contributed by atoms with E-state index in [1.807, 2.05) is 37.3 Å². The molecular formula is C15H13N3O3.